The summed E-state index contributed by atoms with van der Waals surface area (Å²) in [4.78, 5) is 14.2. The maximum Gasteiger partial charge on any atom is 0.305 e. The van der Waals surface area contributed by atoms with Crippen molar-refractivity contribution >= 4 is 28.6 Å². The van der Waals surface area contributed by atoms with Crippen LogP contribution in [-0.2, 0) is 9.53 Å². The molecule has 0 fully saturated rings. The summed E-state index contributed by atoms with van der Waals surface area (Å²) in [5.41, 5.74) is 0.549. The van der Waals surface area contributed by atoms with Crippen molar-refractivity contribution in [3.63, 3.8) is 0 Å². The monoisotopic (exact) mass is 487 g/mol. The lowest BCUT2D eigenvalue weighted by Gasteiger charge is -2.43. The standard InChI is InChI=1S/C27H38ClN3O3/c1-6-8-10-19(7-2)18-34-25(32)15-16-27(33)23(26(3,4)5)11-9-12-24(27)31-29-21-14-13-20(28)17-22(21)30-31/h9,11-14,17,19,24,33H,6-8,10,15-16,18H2,1-5H3. The third-order valence-electron chi connectivity index (χ3n) is 6.66. The Bertz CT molecular complexity index is 1050. The fourth-order valence-corrected chi connectivity index (χ4v) is 4.84. The SMILES string of the molecule is CCCCC(CC)COC(=O)CCC1(O)C(C(C)(C)C)=CC=CC1n1nc2ccc(Cl)cc2n1. The van der Waals surface area contributed by atoms with Crippen molar-refractivity contribution in [1.29, 1.82) is 0 Å². The van der Waals surface area contributed by atoms with Crippen LogP contribution in [0.15, 0.2) is 42.0 Å². The first-order valence-electron chi connectivity index (χ1n) is 12.4. The van der Waals surface area contributed by atoms with Gasteiger partial charge in [-0.25, -0.2) is 0 Å². The molecule has 0 saturated carbocycles. The third-order valence-corrected chi connectivity index (χ3v) is 6.90. The summed E-state index contributed by atoms with van der Waals surface area (Å²) in [5.74, 6) is 0.102. The number of aliphatic hydroxyl groups is 1. The van der Waals surface area contributed by atoms with E-state index in [1.807, 2.05) is 24.3 Å². The fourth-order valence-electron chi connectivity index (χ4n) is 4.67. The van der Waals surface area contributed by atoms with Crippen LogP contribution in [0.2, 0.25) is 5.02 Å². The summed E-state index contributed by atoms with van der Waals surface area (Å²) in [5, 5.41) is 21.9. The molecule has 7 heteroatoms. The van der Waals surface area contributed by atoms with Crippen molar-refractivity contribution in [3.8, 4) is 0 Å². The van der Waals surface area contributed by atoms with E-state index in [0.29, 0.717) is 28.6 Å². The normalized spacial score (nSPS) is 21.5. The van der Waals surface area contributed by atoms with Crippen LogP contribution in [-0.4, -0.2) is 38.3 Å². The third kappa shape index (κ3) is 6.08. The highest BCUT2D eigenvalue weighted by Gasteiger charge is 2.46. The summed E-state index contributed by atoms with van der Waals surface area (Å²) in [7, 11) is 0. The van der Waals surface area contributed by atoms with E-state index < -0.39 is 11.6 Å². The van der Waals surface area contributed by atoms with Crippen molar-refractivity contribution in [2.75, 3.05) is 6.61 Å². The van der Waals surface area contributed by atoms with Crippen LogP contribution in [0, 0.1) is 11.3 Å². The van der Waals surface area contributed by atoms with Gasteiger partial charge in [-0.05, 0) is 47.9 Å². The van der Waals surface area contributed by atoms with Gasteiger partial charge in [-0.15, -0.1) is 0 Å². The first-order chi connectivity index (χ1) is 16.1. The Balaban J connectivity index is 1.81. The van der Waals surface area contributed by atoms with Crippen LogP contribution in [0.3, 0.4) is 0 Å². The van der Waals surface area contributed by atoms with Gasteiger partial charge in [0.1, 0.15) is 22.7 Å². The van der Waals surface area contributed by atoms with Gasteiger partial charge in [0.15, 0.2) is 0 Å². The van der Waals surface area contributed by atoms with Gasteiger partial charge in [0.2, 0.25) is 0 Å². The molecule has 0 aliphatic heterocycles. The number of allylic oxidation sites excluding steroid dienone is 2. The van der Waals surface area contributed by atoms with Crippen LogP contribution in [0.4, 0.5) is 0 Å². The van der Waals surface area contributed by atoms with Gasteiger partial charge < -0.3 is 9.84 Å². The van der Waals surface area contributed by atoms with Gasteiger partial charge in [-0.1, -0.05) is 83.7 Å². The fraction of sp³-hybridized carbons (Fsp3) is 0.593. The summed E-state index contributed by atoms with van der Waals surface area (Å²) >= 11 is 6.13. The van der Waals surface area contributed by atoms with Gasteiger partial charge in [-0.2, -0.15) is 15.0 Å². The minimum atomic E-state index is -1.34. The van der Waals surface area contributed by atoms with E-state index in [1.54, 1.807) is 16.9 Å². The number of hydrogen-bond acceptors (Lipinski definition) is 5. The predicted molar refractivity (Wildman–Crippen MR) is 137 cm³/mol. The summed E-state index contributed by atoms with van der Waals surface area (Å²) in [6.07, 6.45) is 10.4. The van der Waals surface area contributed by atoms with Gasteiger partial charge >= 0.3 is 5.97 Å². The zero-order valence-corrected chi connectivity index (χ0v) is 21.8. The first-order valence-corrected chi connectivity index (χ1v) is 12.8. The Labute approximate surface area is 208 Å². The van der Waals surface area contributed by atoms with Gasteiger partial charge in [0.05, 0.1) is 6.61 Å². The molecule has 3 rings (SSSR count). The lowest BCUT2D eigenvalue weighted by Crippen LogP contribution is -2.46. The molecule has 3 atom stereocenters. The molecule has 6 nitrogen and oxygen atoms in total. The second-order valence-corrected chi connectivity index (χ2v) is 10.8. The quantitative estimate of drug-likeness (QED) is 0.390. The van der Waals surface area contributed by atoms with Crippen LogP contribution in [0.1, 0.15) is 79.2 Å². The minimum Gasteiger partial charge on any atom is -0.465 e. The highest BCUT2D eigenvalue weighted by Crippen LogP contribution is 2.45. The van der Waals surface area contributed by atoms with Crippen LogP contribution in [0.25, 0.3) is 11.0 Å². The highest BCUT2D eigenvalue weighted by atomic mass is 35.5. The van der Waals surface area contributed by atoms with Crippen LogP contribution in [0.5, 0.6) is 0 Å². The van der Waals surface area contributed by atoms with Crippen molar-refractivity contribution < 1.29 is 14.6 Å². The molecule has 34 heavy (non-hydrogen) atoms. The van der Waals surface area contributed by atoms with E-state index in [4.69, 9.17) is 16.3 Å². The summed E-state index contributed by atoms with van der Waals surface area (Å²) in [6, 6.07) is 4.78. The zero-order chi connectivity index (χ0) is 24.9. The van der Waals surface area contributed by atoms with Crippen molar-refractivity contribution in [2.24, 2.45) is 11.3 Å². The Hall–Kier alpha value is -2.18. The average Bonchev–Trinajstić information content (AvgIpc) is 3.19. The van der Waals surface area contributed by atoms with E-state index in [-0.39, 0.29) is 24.2 Å². The van der Waals surface area contributed by atoms with Crippen molar-refractivity contribution in [1.82, 2.24) is 15.0 Å². The summed E-state index contributed by atoms with van der Waals surface area (Å²) < 4.78 is 5.61. The number of benzene rings is 1. The number of ether oxygens (including phenoxy) is 1. The number of aromatic nitrogens is 3. The molecule has 1 aromatic carbocycles. The second kappa shape index (κ2) is 11.0. The van der Waals surface area contributed by atoms with E-state index in [2.05, 4.69) is 44.8 Å². The maximum absolute atomic E-state index is 12.7. The number of fused-ring (bicyclic) bond motifs is 1. The highest BCUT2D eigenvalue weighted by molar-refractivity contribution is 6.31. The molecule has 0 bridgehead atoms. The Morgan fingerprint density at radius 3 is 2.68 bits per heavy atom. The molecule has 1 aromatic heterocycles. The lowest BCUT2D eigenvalue weighted by molar-refractivity contribution is -0.146. The molecule has 1 heterocycles. The van der Waals surface area contributed by atoms with E-state index in [9.17, 15) is 9.90 Å². The molecule has 1 aliphatic carbocycles. The van der Waals surface area contributed by atoms with E-state index in [0.717, 1.165) is 31.3 Å². The number of rotatable bonds is 10. The number of hydrogen-bond donors (Lipinski definition) is 1. The number of nitrogens with zero attached hydrogens (tertiary/aromatic N) is 3. The van der Waals surface area contributed by atoms with Gasteiger partial charge in [-0.3, -0.25) is 4.79 Å². The van der Waals surface area contributed by atoms with E-state index >= 15 is 0 Å². The Morgan fingerprint density at radius 2 is 2.00 bits per heavy atom. The van der Waals surface area contributed by atoms with Crippen molar-refractivity contribution in [3.05, 3.63) is 47.0 Å². The molecular formula is C27H38ClN3O3. The smallest absolute Gasteiger partial charge is 0.305 e. The number of carbonyl (C=O) groups is 1. The Morgan fingerprint density at radius 1 is 1.26 bits per heavy atom. The maximum atomic E-state index is 12.7. The van der Waals surface area contributed by atoms with Crippen molar-refractivity contribution in [2.45, 2.75) is 84.8 Å². The number of carbonyl (C=O) groups excluding carboxylic acids is 1. The first kappa shape index (κ1) is 26.4. The molecule has 0 amide bonds. The molecular weight excluding hydrogens is 450 g/mol. The Kier molecular flexibility index (Phi) is 8.58. The molecule has 2 aromatic rings. The molecule has 186 valence electrons. The van der Waals surface area contributed by atoms with E-state index in [1.165, 1.54) is 0 Å². The minimum absolute atomic E-state index is 0.116. The summed E-state index contributed by atoms with van der Waals surface area (Å²) in [6.45, 7) is 10.9. The van der Waals surface area contributed by atoms with Crippen LogP contribution >= 0.6 is 11.6 Å². The molecule has 0 spiro atoms. The molecule has 1 N–H and O–H groups in total. The number of esters is 1. The second-order valence-electron chi connectivity index (χ2n) is 10.3. The largest absolute Gasteiger partial charge is 0.465 e. The average molecular weight is 488 g/mol. The van der Waals surface area contributed by atoms with Crippen LogP contribution < -0.4 is 0 Å². The molecule has 1 aliphatic rings. The molecule has 3 unspecified atom stereocenters. The number of unbranched alkanes of at least 4 members (excludes halogenated alkanes) is 1. The number of halogens is 1. The molecule has 0 saturated heterocycles. The predicted octanol–water partition coefficient (Wildman–Crippen LogP) is 6.44. The lowest BCUT2D eigenvalue weighted by atomic mass is 9.69. The topological polar surface area (TPSA) is 77.2 Å². The molecule has 0 radical (unpaired) electrons. The van der Waals surface area contributed by atoms with Gasteiger partial charge in [0.25, 0.3) is 0 Å². The van der Waals surface area contributed by atoms with Gasteiger partial charge in [0, 0.05) is 11.4 Å². The zero-order valence-electron chi connectivity index (χ0n) is 21.1.